The van der Waals surface area contributed by atoms with Gasteiger partial charge in [-0.1, -0.05) is 24.3 Å². The average molecular weight is 273 g/mol. The molecule has 108 valence electrons. The number of carboxylic acid groups (broad SMARTS) is 1. The fourth-order valence-corrected chi connectivity index (χ4v) is 3.28. The topological polar surface area (TPSA) is 40.5 Å². The SMILES string of the molecule is O=C(O)CC1CCCN(Cc2ccc(C3CC3)cc2)C1. The number of likely N-dealkylation sites (tertiary alicyclic amines) is 1. The van der Waals surface area contributed by atoms with Crippen LogP contribution in [0.25, 0.3) is 0 Å². The number of carbonyl (C=O) groups is 1. The predicted octanol–water partition coefficient (Wildman–Crippen LogP) is 3.25. The van der Waals surface area contributed by atoms with Gasteiger partial charge in [-0.05, 0) is 55.2 Å². The van der Waals surface area contributed by atoms with Gasteiger partial charge in [-0.15, -0.1) is 0 Å². The molecule has 0 radical (unpaired) electrons. The summed E-state index contributed by atoms with van der Waals surface area (Å²) in [6.45, 7) is 2.98. The summed E-state index contributed by atoms with van der Waals surface area (Å²) in [6.07, 6.45) is 5.20. The van der Waals surface area contributed by atoms with Crippen molar-refractivity contribution in [3.8, 4) is 0 Å². The maximum absolute atomic E-state index is 10.8. The quantitative estimate of drug-likeness (QED) is 0.895. The van der Waals surface area contributed by atoms with Gasteiger partial charge < -0.3 is 5.11 Å². The highest BCUT2D eigenvalue weighted by atomic mass is 16.4. The van der Waals surface area contributed by atoms with E-state index in [9.17, 15) is 4.79 Å². The summed E-state index contributed by atoms with van der Waals surface area (Å²) >= 11 is 0. The third kappa shape index (κ3) is 3.60. The van der Waals surface area contributed by atoms with E-state index in [0.717, 1.165) is 38.4 Å². The van der Waals surface area contributed by atoms with E-state index in [4.69, 9.17) is 5.11 Å². The van der Waals surface area contributed by atoms with Crippen LogP contribution in [0.5, 0.6) is 0 Å². The Kier molecular flexibility index (Phi) is 4.06. The van der Waals surface area contributed by atoms with Crippen molar-refractivity contribution in [1.82, 2.24) is 4.90 Å². The van der Waals surface area contributed by atoms with Crippen LogP contribution in [-0.4, -0.2) is 29.1 Å². The van der Waals surface area contributed by atoms with Gasteiger partial charge in [0.15, 0.2) is 0 Å². The van der Waals surface area contributed by atoms with Crippen LogP contribution in [-0.2, 0) is 11.3 Å². The van der Waals surface area contributed by atoms with Crippen LogP contribution in [0.1, 0.15) is 49.1 Å². The van der Waals surface area contributed by atoms with Gasteiger partial charge in [0.2, 0.25) is 0 Å². The molecule has 1 aromatic rings. The Labute approximate surface area is 120 Å². The fourth-order valence-electron chi connectivity index (χ4n) is 3.28. The van der Waals surface area contributed by atoms with Crippen molar-refractivity contribution in [2.75, 3.05) is 13.1 Å². The highest BCUT2D eigenvalue weighted by Gasteiger charge is 2.24. The predicted molar refractivity (Wildman–Crippen MR) is 78.7 cm³/mol. The molecule has 1 aliphatic carbocycles. The van der Waals surface area contributed by atoms with Crippen molar-refractivity contribution in [2.45, 2.75) is 44.6 Å². The Morgan fingerprint density at radius 2 is 1.95 bits per heavy atom. The standard InChI is InChI=1S/C17H23NO2/c19-17(20)10-14-2-1-9-18(12-14)11-13-3-5-15(6-4-13)16-7-8-16/h3-6,14,16H,1-2,7-12H2,(H,19,20). The molecule has 1 unspecified atom stereocenters. The number of benzene rings is 1. The van der Waals surface area contributed by atoms with Crippen molar-refractivity contribution in [3.05, 3.63) is 35.4 Å². The second kappa shape index (κ2) is 5.96. The van der Waals surface area contributed by atoms with E-state index in [1.807, 2.05) is 0 Å². The Morgan fingerprint density at radius 3 is 2.60 bits per heavy atom. The van der Waals surface area contributed by atoms with Crippen molar-refractivity contribution in [3.63, 3.8) is 0 Å². The summed E-state index contributed by atoms with van der Waals surface area (Å²) in [4.78, 5) is 13.2. The zero-order valence-electron chi connectivity index (χ0n) is 11.9. The Balaban J connectivity index is 1.54. The minimum absolute atomic E-state index is 0.317. The number of hydrogen-bond acceptors (Lipinski definition) is 2. The minimum Gasteiger partial charge on any atom is -0.481 e. The Morgan fingerprint density at radius 1 is 1.20 bits per heavy atom. The molecule has 1 aliphatic heterocycles. The van der Waals surface area contributed by atoms with E-state index in [0.29, 0.717) is 12.3 Å². The van der Waals surface area contributed by atoms with Crippen LogP contribution in [0.15, 0.2) is 24.3 Å². The average Bonchev–Trinajstić information content (AvgIpc) is 3.23. The molecule has 1 saturated heterocycles. The first-order valence-electron chi connectivity index (χ1n) is 7.73. The van der Waals surface area contributed by atoms with Gasteiger partial charge in [-0.25, -0.2) is 0 Å². The first-order valence-corrected chi connectivity index (χ1v) is 7.73. The lowest BCUT2D eigenvalue weighted by Crippen LogP contribution is -2.35. The smallest absolute Gasteiger partial charge is 0.303 e. The molecule has 1 saturated carbocycles. The minimum atomic E-state index is -0.661. The molecule has 1 atom stereocenters. The molecule has 2 aliphatic rings. The highest BCUT2D eigenvalue weighted by Crippen LogP contribution is 2.39. The van der Waals surface area contributed by atoms with Crippen molar-refractivity contribution >= 4 is 5.97 Å². The van der Waals surface area contributed by atoms with E-state index in [1.54, 1.807) is 0 Å². The molecule has 0 bridgehead atoms. The molecule has 20 heavy (non-hydrogen) atoms. The number of hydrogen-bond donors (Lipinski definition) is 1. The summed E-state index contributed by atoms with van der Waals surface area (Å²) in [5.41, 5.74) is 2.83. The molecular formula is C17H23NO2. The molecule has 1 aromatic carbocycles. The van der Waals surface area contributed by atoms with E-state index in [2.05, 4.69) is 29.2 Å². The van der Waals surface area contributed by atoms with Crippen LogP contribution in [0.2, 0.25) is 0 Å². The van der Waals surface area contributed by atoms with Crippen molar-refractivity contribution in [1.29, 1.82) is 0 Å². The lowest BCUT2D eigenvalue weighted by Gasteiger charge is -2.32. The molecular weight excluding hydrogens is 250 g/mol. The normalized spacial score (nSPS) is 23.7. The maximum atomic E-state index is 10.8. The molecule has 0 aromatic heterocycles. The summed E-state index contributed by atoms with van der Waals surface area (Å²) in [5.74, 6) is 0.483. The first-order chi connectivity index (χ1) is 9.70. The van der Waals surface area contributed by atoms with Crippen LogP contribution < -0.4 is 0 Å². The van der Waals surface area contributed by atoms with Gasteiger partial charge >= 0.3 is 5.97 Å². The molecule has 0 amide bonds. The zero-order valence-corrected chi connectivity index (χ0v) is 11.9. The molecule has 2 fully saturated rings. The fraction of sp³-hybridized carbons (Fsp3) is 0.588. The second-order valence-corrected chi connectivity index (χ2v) is 6.36. The van der Waals surface area contributed by atoms with E-state index in [-0.39, 0.29) is 0 Å². The van der Waals surface area contributed by atoms with Gasteiger partial charge in [-0.3, -0.25) is 9.69 Å². The molecule has 3 rings (SSSR count). The van der Waals surface area contributed by atoms with Gasteiger partial charge in [0.1, 0.15) is 0 Å². The van der Waals surface area contributed by atoms with Gasteiger partial charge in [0, 0.05) is 19.5 Å². The summed E-state index contributed by atoms with van der Waals surface area (Å²) < 4.78 is 0. The Hall–Kier alpha value is -1.35. The number of carboxylic acids is 1. The molecule has 0 spiro atoms. The van der Waals surface area contributed by atoms with E-state index in [1.165, 1.54) is 24.0 Å². The van der Waals surface area contributed by atoms with Crippen molar-refractivity contribution < 1.29 is 9.90 Å². The molecule has 1 heterocycles. The van der Waals surface area contributed by atoms with Crippen LogP contribution in [0.3, 0.4) is 0 Å². The summed E-state index contributed by atoms with van der Waals surface area (Å²) in [7, 11) is 0. The lowest BCUT2D eigenvalue weighted by molar-refractivity contribution is -0.138. The highest BCUT2D eigenvalue weighted by molar-refractivity contribution is 5.67. The summed E-state index contributed by atoms with van der Waals surface area (Å²) in [6, 6.07) is 9.03. The summed E-state index contributed by atoms with van der Waals surface area (Å²) in [5, 5.41) is 8.91. The number of nitrogens with zero attached hydrogens (tertiary/aromatic N) is 1. The van der Waals surface area contributed by atoms with Crippen LogP contribution in [0, 0.1) is 5.92 Å². The molecule has 3 nitrogen and oxygen atoms in total. The van der Waals surface area contributed by atoms with Crippen LogP contribution >= 0.6 is 0 Å². The lowest BCUT2D eigenvalue weighted by atomic mass is 9.94. The third-order valence-corrected chi connectivity index (χ3v) is 4.50. The van der Waals surface area contributed by atoms with Crippen molar-refractivity contribution in [2.24, 2.45) is 5.92 Å². The Bertz CT molecular complexity index is 464. The van der Waals surface area contributed by atoms with E-state index < -0.39 is 5.97 Å². The van der Waals surface area contributed by atoms with Gasteiger partial charge in [0.05, 0.1) is 0 Å². The number of rotatable bonds is 5. The molecule has 1 N–H and O–H groups in total. The number of piperidine rings is 1. The molecule has 3 heteroatoms. The number of aliphatic carboxylic acids is 1. The van der Waals surface area contributed by atoms with E-state index >= 15 is 0 Å². The largest absolute Gasteiger partial charge is 0.481 e. The third-order valence-electron chi connectivity index (χ3n) is 4.50. The van der Waals surface area contributed by atoms with Gasteiger partial charge in [0.25, 0.3) is 0 Å². The second-order valence-electron chi connectivity index (χ2n) is 6.36. The first kappa shape index (κ1) is 13.6. The van der Waals surface area contributed by atoms with Crippen LogP contribution in [0.4, 0.5) is 0 Å². The van der Waals surface area contributed by atoms with Gasteiger partial charge in [-0.2, -0.15) is 0 Å². The maximum Gasteiger partial charge on any atom is 0.303 e. The monoisotopic (exact) mass is 273 g/mol. The zero-order chi connectivity index (χ0) is 13.9.